The molecule has 1 heterocycles. The normalized spacial score (nSPS) is 10.5. The van der Waals surface area contributed by atoms with Gasteiger partial charge in [0.25, 0.3) is 0 Å². The van der Waals surface area contributed by atoms with Crippen molar-refractivity contribution in [2.45, 2.75) is 40.0 Å². The molecule has 0 radical (unpaired) electrons. The molecule has 1 aromatic heterocycles. The number of nitrogens with zero attached hydrogens (tertiary/aromatic N) is 4. The molecule has 0 saturated heterocycles. The molecule has 0 fully saturated rings. The van der Waals surface area contributed by atoms with E-state index in [-0.39, 0.29) is 0 Å². The number of rotatable bonds is 7. The SMILES string of the molecule is CCCc1c(N)ncnc1N(CCC#N)CC(C)C. The van der Waals surface area contributed by atoms with Crippen LogP contribution in [-0.4, -0.2) is 23.1 Å². The van der Waals surface area contributed by atoms with Crippen molar-refractivity contribution in [3.8, 4) is 6.07 Å². The lowest BCUT2D eigenvalue weighted by Gasteiger charge is -2.27. The highest BCUT2D eigenvalue weighted by molar-refractivity contribution is 5.56. The topological polar surface area (TPSA) is 78.8 Å². The average Bonchev–Trinajstić information content (AvgIpc) is 2.37. The van der Waals surface area contributed by atoms with Gasteiger partial charge in [-0.15, -0.1) is 0 Å². The maximum Gasteiger partial charge on any atom is 0.137 e. The number of hydrogen-bond acceptors (Lipinski definition) is 5. The van der Waals surface area contributed by atoms with Crippen LogP contribution in [0.3, 0.4) is 0 Å². The molecule has 0 aliphatic heterocycles. The van der Waals surface area contributed by atoms with Crippen molar-refractivity contribution < 1.29 is 0 Å². The zero-order valence-corrected chi connectivity index (χ0v) is 12.1. The van der Waals surface area contributed by atoms with Gasteiger partial charge in [-0.2, -0.15) is 5.26 Å². The number of anilines is 2. The quantitative estimate of drug-likeness (QED) is 0.815. The van der Waals surface area contributed by atoms with E-state index in [0.29, 0.717) is 24.7 Å². The number of nitrogen functional groups attached to an aromatic ring is 1. The standard InChI is InChI=1S/C14H23N5/c1-4-6-12-13(16)17-10-18-14(12)19(8-5-7-15)9-11(2)3/h10-11H,4-6,8-9H2,1-3H3,(H2,16,17,18). The second kappa shape index (κ2) is 7.57. The van der Waals surface area contributed by atoms with E-state index < -0.39 is 0 Å². The van der Waals surface area contributed by atoms with E-state index in [9.17, 15) is 0 Å². The van der Waals surface area contributed by atoms with Crippen LogP contribution in [0.5, 0.6) is 0 Å². The summed E-state index contributed by atoms with van der Waals surface area (Å²) in [6, 6.07) is 2.19. The van der Waals surface area contributed by atoms with E-state index in [4.69, 9.17) is 11.0 Å². The van der Waals surface area contributed by atoms with Gasteiger partial charge in [0, 0.05) is 18.7 Å². The lowest BCUT2D eigenvalue weighted by Crippen LogP contribution is -2.30. The molecule has 104 valence electrons. The molecular weight excluding hydrogens is 238 g/mol. The minimum absolute atomic E-state index is 0.488. The second-order valence-electron chi connectivity index (χ2n) is 5.06. The van der Waals surface area contributed by atoms with E-state index in [0.717, 1.165) is 30.8 Å². The predicted octanol–water partition coefficient (Wildman–Crippen LogP) is 2.39. The summed E-state index contributed by atoms with van der Waals surface area (Å²) in [6.45, 7) is 7.97. The molecule has 19 heavy (non-hydrogen) atoms. The molecule has 0 aromatic carbocycles. The van der Waals surface area contributed by atoms with E-state index >= 15 is 0 Å². The molecule has 0 spiro atoms. The smallest absolute Gasteiger partial charge is 0.137 e. The Morgan fingerprint density at radius 2 is 2.16 bits per heavy atom. The van der Waals surface area contributed by atoms with Crippen molar-refractivity contribution in [3.05, 3.63) is 11.9 Å². The molecule has 0 aliphatic rings. The lowest BCUT2D eigenvalue weighted by molar-refractivity contribution is 0.605. The summed E-state index contributed by atoms with van der Waals surface area (Å²) in [5, 5.41) is 8.79. The van der Waals surface area contributed by atoms with Crippen LogP contribution in [0.15, 0.2) is 6.33 Å². The molecular formula is C14H23N5. The van der Waals surface area contributed by atoms with E-state index in [1.807, 2.05) is 0 Å². The zero-order chi connectivity index (χ0) is 14.3. The fourth-order valence-corrected chi connectivity index (χ4v) is 2.09. The summed E-state index contributed by atoms with van der Waals surface area (Å²) in [5.41, 5.74) is 6.97. The average molecular weight is 261 g/mol. The summed E-state index contributed by atoms with van der Waals surface area (Å²) in [4.78, 5) is 10.6. The maximum absolute atomic E-state index is 8.79. The van der Waals surface area contributed by atoms with Crippen LogP contribution >= 0.6 is 0 Å². The Morgan fingerprint density at radius 3 is 2.74 bits per heavy atom. The molecule has 2 N–H and O–H groups in total. The summed E-state index contributed by atoms with van der Waals surface area (Å²) in [6.07, 6.45) is 3.85. The van der Waals surface area contributed by atoms with E-state index in [1.54, 1.807) is 0 Å². The highest BCUT2D eigenvalue weighted by atomic mass is 15.2. The fraction of sp³-hybridized carbons (Fsp3) is 0.643. The van der Waals surface area contributed by atoms with E-state index in [2.05, 4.69) is 41.7 Å². The molecule has 0 bridgehead atoms. The summed E-state index contributed by atoms with van der Waals surface area (Å²) < 4.78 is 0. The largest absolute Gasteiger partial charge is 0.383 e. The zero-order valence-electron chi connectivity index (χ0n) is 12.1. The third-order valence-electron chi connectivity index (χ3n) is 2.83. The van der Waals surface area contributed by atoms with Crippen molar-refractivity contribution in [3.63, 3.8) is 0 Å². The van der Waals surface area contributed by atoms with Gasteiger partial charge >= 0.3 is 0 Å². The summed E-state index contributed by atoms with van der Waals surface area (Å²) in [5.74, 6) is 1.94. The Bertz CT molecular complexity index is 436. The number of nitriles is 1. The summed E-state index contributed by atoms with van der Waals surface area (Å²) in [7, 11) is 0. The molecule has 5 heteroatoms. The minimum Gasteiger partial charge on any atom is -0.383 e. The van der Waals surface area contributed by atoms with Gasteiger partial charge < -0.3 is 10.6 Å². The monoisotopic (exact) mass is 261 g/mol. The molecule has 0 aliphatic carbocycles. The lowest BCUT2D eigenvalue weighted by atomic mass is 10.1. The van der Waals surface area contributed by atoms with Gasteiger partial charge in [0.1, 0.15) is 18.0 Å². The van der Waals surface area contributed by atoms with Crippen LogP contribution in [-0.2, 0) is 6.42 Å². The van der Waals surface area contributed by atoms with Crippen molar-refractivity contribution in [2.75, 3.05) is 23.7 Å². The predicted molar refractivity (Wildman–Crippen MR) is 77.7 cm³/mol. The molecule has 0 atom stereocenters. The molecule has 0 unspecified atom stereocenters. The first-order chi connectivity index (χ1) is 9.10. The van der Waals surface area contributed by atoms with Gasteiger partial charge in [-0.05, 0) is 12.3 Å². The Labute approximate surface area is 115 Å². The van der Waals surface area contributed by atoms with Crippen LogP contribution in [0.4, 0.5) is 11.6 Å². The number of hydrogen-bond donors (Lipinski definition) is 1. The van der Waals surface area contributed by atoms with E-state index in [1.165, 1.54) is 6.33 Å². The van der Waals surface area contributed by atoms with Gasteiger partial charge in [0.2, 0.25) is 0 Å². The van der Waals surface area contributed by atoms with Gasteiger partial charge in [-0.25, -0.2) is 9.97 Å². The third-order valence-corrected chi connectivity index (χ3v) is 2.83. The Hall–Kier alpha value is -1.83. The highest BCUT2D eigenvalue weighted by Crippen LogP contribution is 2.24. The second-order valence-corrected chi connectivity index (χ2v) is 5.06. The molecule has 0 amide bonds. The molecule has 5 nitrogen and oxygen atoms in total. The van der Waals surface area contributed by atoms with Crippen LogP contribution < -0.4 is 10.6 Å². The van der Waals surface area contributed by atoms with Gasteiger partial charge in [-0.1, -0.05) is 27.2 Å². The highest BCUT2D eigenvalue weighted by Gasteiger charge is 2.16. The number of nitrogens with two attached hydrogens (primary N) is 1. The first-order valence-corrected chi connectivity index (χ1v) is 6.81. The maximum atomic E-state index is 8.79. The van der Waals surface area contributed by atoms with Crippen molar-refractivity contribution in [2.24, 2.45) is 5.92 Å². The molecule has 0 saturated carbocycles. The first kappa shape index (κ1) is 15.2. The van der Waals surface area contributed by atoms with Crippen molar-refractivity contribution >= 4 is 11.6 Å². The Morgan fingerprint density at radius 1 is 1.42 bits per heavy atom. The Balaban J connectivity index is 3.06. The van der Waals surface area contributed by atoms with Gasteiger partial charge in [0.15, 0.2) is 0 Å². The van der Waals surface area contributed by atoms with Crippen LogP contribution in [0.2, 0.25) is 0 Å². The minimum atomic E-state index is 0.488. The molecule has 1 rings (SSSR count). The molecule has 1 aromatic rings. The van der Waals surface area contributed by atoms with Crippen molar-refractivity contribution in [1.29, 1.82) is 5.26 Å². The van der Waals surface area contributed by atoms with Gasteiger partial charge in [-0.3, -0.25) is 0 Å². The Kier molecular flexibility index (Phi) is 6.07. The summed E-state index contributed by atoms with van der Waals surface area (Å²) >= 11 is 0. The van der Waals surface area contributed by atoms with Crippen LogP contribution in [0, 0.1) is 17.2 Å². The third kappa shape index (κ3) is 4.40. The van der Waals surface area contributed by atoms with Crippen molar-refractivity contribution in [1.82, 2.24) is 9.97 Å². The van der Waals surface area contributed by atoms with Gasteiger partial charge in [0.05, 0.1) is 12.5 Å². The fourth-order valence-electron chi connectivity index (χ4n) is 2.09. The van der Waals surface area contributed by atoms with Crippen LogP contribution in [0.25, 0.3) is 0 Å². The van der Waals surface area contributed by atoms with Crippen LogP contribution in [0.1, 0.15) is 39.2 Å². The number of aromatic nitrogens is 2. The first-order valence-electron chi connectivity index (χ1n) is 6.81.